The van der Waals surface area contributed by atoms with E-state index in [-0.39, 0.29) is 0 Å². The number of sulfonamides is 1. The van der Waals surface area contributed by atoms with Gasteiger partial charge in [0, 0.05) is 18.0 Å². The molecule has 2 heterocycles. The average Bonchev–Trinajstić information content (AvgIpc) is 3.13. The highest BCUT2D eigenvalue weighted by Gasteiger charge is 2.21. The average molecular weight is 332 g/mol. The Hall–Kier alpha value is -0.470. The van der Waals surface area contributed by atoms with Crippen LogP contribution in [0.2, 0.25) is 0 Å². The monoisotopic (exact) mass is 332 g/mol. The third kappa shape index (κ3) is 5.34. The molecule has 5 nitrogen and oxygen atoms in total. The molecule has 1 unspecified atom stereocenters. The highest BCUT2D eigenvalue weighted by Crippen LogP contribution is 2.22. The van der Waals surface area contributed by atoms with Crippen LogP contribution >= 0.6 is 11.3 Å². The van der Waals surface area contributed by atoms with Crippen LogP contribution in [0.4, 0.5) is 0 Å². The van der Waals surface area contributed by atoms with Crippen LogP contribution in [0.1, 0.15) is 24.6 Å². The first-order valence-corrected chi connectivity index (χ1v) is 9.78. The number of hydrogen-bond acceptors (Lipinski definition) is 5. The van der Waals surface area contributed by atoms with Crippen LogP contribution in [0.3, 0.4) is 0 Å². The van der Waals surface area contributed by atoms with Crippen molar-refractivity contribution in [2.45, 2.75) is 30.4 Å². The molecule has 0 spiro atoms. The zero-order valence-electron chi connectivity index (χ0n) is 12.4. The van der Waals surface area contributed by atoms with Crippen molar-refractivity contribution >= 4 is 21.4 Å². The molecule has 0 aromatic carbocycles. The fraction of sp³-hybridized carbons (Fsp3) is 0.714. The molecule has 1 aromatic rings. The van der Waals surface area contributed by atoms with Gasteiger partial charge in [-0.05, 0) is 50.4 Å². The Morgan fingerprint density at radius 1 is 1.38 bits per heavy atom. The van der Waals surface area contributed by atoms with Gasteiger partial charge in [0.25, 0.3) is 0 Å². The number of nitrogens with one attached hydrogen (secondary N) is 2. The first-order valence-electron chi connectivity index (χ1n) is 7.48. The van der Waals surface area contributed by atoms with Crippen molar-refractivity contribution in [3.05, 3.63) is 17.0 Å². The van der Waals surface area contributed by atoms with Crippen molar-refractivity contribution in [2.75, 3.05) is 32.8 Å². The standard InChI is InChI=1S/C14H24N2O3S2/c1-2-7-15-8-5-13-3-4-14(20-13)21(17,18)16-10-12-6-9-19-11-12/h3-4,12,15-16H,2,5-11H2,1H3. The Balaban J connectivity index is 1.83. The molecule has 1 atom stereocenters. The van der Waals surface area contributed by atoms with Gasteiger partial charge in [-0.1, -0.05) is 6.92 Å². The van der Waals surface area contributed by atoms with Gasteiger partial charge in [0.15, 0.2) is 0 Å². The summed E-state index contributed by atoms with van der Waals surface area (Å²) >= 11 is 1.36. The van der Waals surface area contributed by atoms with E-state index in [1.54, 1.807) is 6.07 Å². The lowest BCUT2D eigenvalue weighted by Gasteiger charge is -2.08. The molecule has 0 radical (unpaired) electrons. The normalized spacial score (nSPS) is 19.2. The molecule has 0 saturated carbocycles. The van der Waals surface area contributed by atoms with E-state index >= 15 is 0 Å². The van der Waals surface area contributed by atoms with Gasteiger partial charge in [0.2, 0.25) is 10.0 Å². The molecule has 2 N–H and O–H groups in total. The first kappa shape index (κ1) is 16.9. The Labute approximate surface area is 131 Å². The largest absolute Gasteiger partial charge is 0.381 e. The minimum atomic E-state index is -3.37. The number of ether oxygens (including phenoxy) is 1. The molecule has 0 bridgehead atoms. The molecule has 1 aliphatic heterocycles. The van der Waals surface area contributed by atoms with E-state index in [0.29, 0.717) is 23.3 Å². The fourth-order valence-electron chi connectivity index (χ4n) is 2.19. The summed E-state index contributed by atoms with van der Waals surface area (Å²) < 4.78 is 32.8. The van der Waals surface area contributed by atoms with Crippen LogP contribution in [0, 0.1) is 5.92 Å². The van der Waals surface area contributed by atoms with E-state index in [4.69, 9.17) is 4.74 Å². The van der Waals surface area contributed by atoms with Gasteiger partial charge in [-0.25, -0.2) is 13.1 Å². The summed E-state index contributed by atoms with van der Waals surface area (Å²) in [7, 11) is -3.37. The first-order chi connectivity index (χ1) is 10.1. The molecule has 0 aliphatic carbocycles. The lowest BCUT2D eigenvalue weighted by atomic mass is 10.1. The Morgan fingerprint density at radius 3 is 2.95 bits per heavy atom. The van der Waals surface area contributed by atoms with Crippen LogP contribution in [0.15, 0.2) is 16.3 Å². The van der Waals surface area contributed by atoms with Crippen LogP contribution in [0.5, 0.6) is 0 Å². The molecule has 7 heteroatoms. The smallest absolute Gasteiger partial charge is 0.250 e. The predicted molar refractivity (Wildman–Crippen MR) is 85.3 cm³/mol. The predicted octanol–water partition coefficient (Wildman–Crippen LogP) is 1.60. The van der Waals surface area contributed by atoms with Crippen molar-refractivity contribution in [1.29, 1.82) is 0 Å². The maximum Gasteiger partial charge on any atom is 0.250 e. The van der Waals surface area contributed by atoms with Gasteiger partial charge in [-0.2, -0.15) is 0 Å². The molecule has 1 saturated heterocycles. The van der Waals surface area contributed by atoms with Gasteiger partial charge in [0.1, 0.15) is 4.21 Å². The summed E-state index contributed by atoms with van der Waals surface area (Å²) in [5, 5.41) is 3.32. The minimum Gasteiger partial charge on any atom is -0.381 e. The van der Waals surface area contributed by atoms with E-state index in [1.165, 1.54) is 11.3 Å². The summed E-state index contributed by atoms with van der Waals surface area (Å²) in [5.74, 6) is 0.303. The van der Waals surface area contributed by atoms with Crippen molar-refractivity contribution in [1.82, 2.24) is 10.0 Å². The third-order valence-corrected chi connectivity index (χ3v) is 6.52. The number of hydrogen-bond donors (Lipinski definition) is 2. The summed E-state index contributed by atoms with van der Waals surface area (Å²) in [6.07, 6.45) is 2.91. The van der Waals surface area contributed by atoms with E-state index < -0.39 is 10.0 Å². The van der Waals surface area contributed by atoms with Gasteiger partial charge < -0.3 is 10.1 Å². The highest BCUT2D eigenvalue weighted by atomic mass is 32.2. The van der Waals surface area contributed by atoms with Crippen molar-refractivity contribution < 1.29 is 13.2 Å². The molecule has 21 heavy (non-hydrogen) atoms. The summed E-state index contributed by atoms with van der Waals surface area (Å²) in [6, 6.07) is 3.61. The van der Waals surface area contributed by atoms with Crippen LogP contribution in [0.25, 0.3) is 0 Å². The topological polar surface area (TPSA) is 67.4 Å². The van der Waals surface area contributed by atoms with E-state index in [2.05, 4.69) is 17.0 Å². The molecule has 1 fully saturated rings. The lowest BCUT2D eigenvalue weighted by Crippen LogP contribution is -2.29. The summed E-state index contributed by atoms with van der Waals surface area (Å²) in [5.41, 5.74) is 0. The molecule has 120 valence electrons. The number of thiophene rings is 1. The minimum absolute atomic E-state index is 0.303. The van der Waals surface area contributed by atoms with E-state index in [1.807, 2.05) is 6.07 Å². The fourth-order valence-corrected chi connectivity index (χ4v) is 4.71. The Bertz CT molecular complexity index is 522. The van der Waals surface area contributed by atoms with Gasteiger partial charge in [0.05, 0.1) is 6.61 Å². The van der Waals surface area contributed by atoms with Crippen molar-refractivity contribution in [3.63, 3.8) is 0 Å². The van der Waals surface area contributed by atoms with E-state index in [0.717, 1.165) is 43.8 Å². The molecule has 0 amide bonds. The SMILES string of the molecule is CCCNCCc1ccc(S(=O)(=O)NCC2CCOC2)s1. The Morgan fingerprint density at radius 2 is 2.24 bits per heavy atom. The second kappa shape index (κ2) is 8.24. The second-order valence-corrected chi connectivity index (χ2v) is 8.46. The second-order valence-electron chi connectivity index (χ2n) is 5.30. The van der Waals surface area contributed by atoms with Gasteiger partial charge in [-0.3, -0.25) is 0 Å². The molecular weight excluding hydrogens is 308 g/mol. The quantitative estimate of drug-likeness (QED) is 0.674. The Kier molecular flexibility index (Phi) is 6.63. The van der Waals surface area contributed by atoms with Gasteiger partial charge >= 0.3 is 0 Å². The zero-order chi connectivity index (χ0) is 15.1. The molecule has 1 aliphatic rings. The highest BCUT2D eigenvalue weighted by molar-refractivity contribution is 7.91. The summed E-state index contributed by atoms with van der Waals surface area (Å²) in [4.78, 5) is 1.10. The third-order valence-electron chi connectivity index (χ3n) is 3.46. The molecular formula is C14H24N2O3S2. The van der Waals surface area contributed by atoms with Gasteiger partial charge in [-0.15, -0.1) is 11.3 Å². The van der Waals surface area contributed by atoms with E-state index in [9.17, 15) is 8.42 Å². The molecule has 1 aromatic heterocycles. The van der Waals surface area contributed by atoms with Crippen LogP contribution < -0.4 is 10.0 Å². The van der Waals surface area contributed by atoms with Crippen LogP contribution in [-0.4, -0.2) is 41.3 Å². The summed E-state index contributed by atoms with van der Waals surface area (Å²) in [6.45, 7) is 5.88. The maximum absolute atomic E-state index is 12.2. The lowest BCUT2D eigenvalue weighted by molar-refractivity contribution is 0.186. The molecule has 2 rings (SSSR count). The zero-order valence-corrected chi connectivity index (χ0v) is 14.1. The van der Waals surface area contributed by atoms with Crippen molar-refractivity contribution in [3.8, 4) is 0 Å². The maximum atomic E-state index is 12.2. The number of rotatable bonds is 9. The van der Waals surface area contributed by atoms with Crippen molar-refractivity contribution in [2.24, 2.45) is 5.92 Å². The van der Waals surface area contributed by atoms with Crippen LogP contribution in [-0.2, 0) is 21.2 Å².